The molecule has 2 aromatic rings. The summed E-state index contributed by atoms with van der Waals surface area (Å²) in [6.45, 7) is 2.24. The highest BCUT2D eigenvalue weighted by molar-refractivity contribution is 5.85. The summed E-state index contributed by atoms with van der Waals surface area (Å²) in [5.41, 5.74) is 8.79. The molecule has 2 aliphatic carbocycles. The van der Waals surface area contributed by atoms with Crippen molar-refractivity contribution in [1.82, 2.24) is 4.98 Å². The normalized spacial score (nSPS) is 29.1. The van der Waals surface area contributed by atoms with Crippen LogP contribution >= 0.6 is 0 Å². The van der Waals surface area contributed by atoms with Crippen molar-refractivity contribution >= 4 is 22.5 Å². The number of H-pyrrole nitrogens is 1. The highest BCUT2D eigenvalue weighted by atomic mass is 16.4. The number of nitrogens with one attached hydrogen (secondary N) is 2. The molecule has 5 nitrogen and oxygen atoms in total. The van der Waals surface area contributed by atoms with E-state index in [9.17, 15) is 4.79 Å². The van der Waals surface area contributed by atoms with Crippen molar-refractivity contribution < 1.29 is 4.42 Å². The maximum Gasteiger partial charge on any atom is 0.417 e. The molecule has 4 atom stereocenters. The van der Waals surface area contributed by atoms with Gasteiger partial charge in [-0.3, -0.25) is 4.98 Å². The molecule has 2 saturated carbocycles. The lowest BCUT2D eigenvalue weighted by molar-refractivity contribution is 0.304. The molecule has 0 spiro atoms. The minimum absolute atomic E-state index is 0.402. The van der Waals surface area contributed by atoms with Crippen molar-refractivity contribution in [1.29, 1.82) is 0 Å². The van der Waals surface area contributed by atoms with Crippen molar-refractivity contribution in [2.24, 2.45) is 17.8 Å². The van der Waals surface area contributed by atoms with Gasteiger partial charge in [-0.05, 0) is 50.0 Å². The zero-order chi connectivity index (χ0) is 14.6. The van der Waals surface area contributed by atoms with E-state index >= 15 is 0 Å². The van der Waals surface area contributed by atoms with E-state index in [1.807, 2.05) is 6.07 Å². The second-order valence-corrected chi connectivity index (χ2v) is 6.72. The highest BCUT2D eigenvalue weighted by Gasteiger charge is 2.41. The lowest BCUT2D eigenvalue weighted by Gasteiger charge is -2.29. The first-order valence-corrected chi connectivity index (χ1v) is 7.79. The summed E-state index contributed by atoms with van der Waals surface area (Å²) in [7, 11) is 0. The molecule has 112 valence electrons. The molecular formula is C16H21N3O2. The molecule has 2 bridgehead atoms. The van der Waals surface area contributed by atoms with Crippen LogP contribution in [0.5, 0.6) is 0 Å². The molecule has 2 fully saturated rings. The number of anilines is 2. The van der Waals surface area contributed by atoms with E-state index in [0.29, 0.717) is 22.8 Å². The van der Waals surface area contributed by atoms with E-state index in [2.05, 4.69) is 17.2 Å². The average molecular weight is 287 g/mol. The van der Waals surface area contributed by atoms with Gasteiger partial charge in [0.25, 0.3) is 0 Å². The van der Waals surface area contributed by atoms with Crippen LogP contribution in [0.4, 0.5) is 11.4 Å². The van der Waals surface area contributed by atoms with Crippen LogP contribution in [0.3, 0.4) is 0 Å². The summed E-state index contributed by atoms with van der Waals surface area (Å²) in [6, 6.07) is 3.99. The van der Waals surface area contributed by atoms with Crippen molar-refractivity contribution in [3.05, 3.63) is 22.7 Å². The maximum atomic E-state index is 11.2. The van der Waals surface area contributed by atoms with Gasteiger partial charge in [-0.1, -0.05) is 6.42 Å². The average Bonchev–Trinajstić information content (AvgIpc) is 3.13. The smallest absolute Gasteiger partial charge is 0.408 e. The molecule has 4 N–H and O–H groups in total. The fraction of sp³-hybridized carbons (Fsp3) is 0.562. The first-order chi connectivity index (χ1) is 10.1. The van der Waals surface area contributed by atoms with Gasteiger partial charge < -0.3 is 15.5 Å². The Morgan fingerprint density at radius 3 is 2.95 bits per heavy atom. The Labute approximate surface area is 122 Å². The standard InChI is InChI=1S/C16H21N3O2/c1-8(11-5-9-2-3-10(11)4-9)18-13-7-14-15(6-12(13)17)21-16(20)19-14/h6-11,18H,2-5,17H2,1H3,(H,19,20). The summed E-state index contributed by atoms with van der Waals surface area (Å²) in [4.78, 5) is 13.9. The van der Waals surface area contributed by atoms with Crippen molar-refractivity contribution in [3.63, 3.8) is 0 Å². The van der Waals surface area contributed by atoms with E-state index in [-0.39, 0.29) is 0 Å². The molecule has 5 heteroatoms. The number of benzene rings is 1. The van der Waals surface area contributed by atoms with Gasteiger partial charge in [-0.2, -0.15) is 0 Å². The zero-order valence-corrected chi connectivity index (χ0v) is 12.2. The Morgan fingerprint density at radius 2 is 2.24 bits per heavy atom. The van der Waals surface area contributed by atoms with Crippen LogP contribution in [0.1, 0.15) is 32.6 Å². The summed E-state index contributed by atoms with van der Waals surface area (Å²) in [5.74, 6) is 2.11. The van der Waals surface area contributed by atoms with Crippen molar-refractivity contribution in [3.8, 4) is 0 Å². The second-order valence-electron chi connectivity index (χ2n) is 6.72. The largest absolute Gasteiger partial charge is 0.417 e. The Morgan fingerprint density at radius 1 is 1.38 bits per heavy atom. The monoisotopic (exact) mass is 287 g/mol. The van der Waals surface area contributed by atoms with Crippen LogP contribution < -0.4 is 16.8 Å². The van der Waals surface area contributed by atoms with E-state index in [1.54, 1.807) is 6.07 Å². The number of fused-ring (bicyclic) bond motifs is 3. The lowest BCUT2D eigenvalue weighted by atomic mass is 9.84. The molecule has 1 aromatic heterocycles. The molecule has 2 aliphatic rings. The molecule has 0 saturated heterocycles. The van der Waals surface area contributed by atoms with Gasteiger partial charge in [0.05, 0.1) is 16.9 Å². The number of hydrogen-bond acceptors (Lipinski definition) is 4. The number of nitrogens with two attached hydrogens (primary N) is 1. The molecule has 1 aromatic carbocycles. The number of aromatic amines is 1. The van der Waals surface area contributed by atoms with Gasteiger partial charge in [0.1, 0.15) is 0 Å². The van der Waals surface area contributed by atoms with Gasteiger partial charge >= 0.3 is 5.76 Å². The third kappa shape index (κ3) is 2.11. The number of hydrogen-bond donors (Lipinski definition) is 3. The lowest BCUT2D eigenvalue weighted by Crippen LogP contribution is -2.30. The fourth-order valence-electron chi connectivity index (χ4n) is 4.40. The van der Waals surface area contributed by atoms with Crippen LogP contribution in [0.15, 0.2) is 21.3 Å². The molecule has 0 aliphatic heterocycles. The molecular weight excluding hydrogens is 266 g/mol. The third-order valence-corrected chi connectivity index (χ3v) is 5.41. The first-order valence-electron chi connectivity index (χ1n) is 7.79. The summed E-state index contributed by atoms with van der Waals surface area (Å²) in [5, 5.41) is 3.55. The van der Waals surface area contributed by atoms with Gasteiger partial charge in [-0.15, -0.1) is 0 Å². The highest BCUT2D eigenvalue weighted by Crippen LogP contribution is 2.50. The van der Waals surface area contributed by atoms with Gasteiger partial charge in [0.15, 0.2) is 5.58 Å². The summed E-state index contributed by atoms with van der Waals surface area (Å²) >= 11 is 0. The number of oxazole rings is 1. The molecule has 21 heavy (non-hydrogen) atoms. The predicted molar refractivity (Wildman–Crippen MR) is 83.3 cm³/mol. The maximum absolute atomic E-state index is 11.2. The minimum Gasteiger partial charge on any atom is -0.408 e. The molecule has 4 rings (SSSR count). The Balaban J connectivity index is 1.58. The van der Waals surface area contributed by atoms with Gasteiger partial charge in [0, 0.05) is 12.1 Å². The Bertz CT molecular complexity index is 733. The SMILES string of the molecule is CC(Nc1cc2[nH]c(=O)oc2cc1N)C1CC2CCC1C2. The van der Waals surface area contributed by atoms with Gasteiger partial charge in [-0.25, -0.2) is 4.79 Å². The second kappa shape index (κ2) is 4.55. The van der Waals surface area contributed by atoms with Gasteiger partial charge in [0.2, 0.25) is 0 Å². The topological polar surface area (TPSA) is 84.0 Å². The van der Waals surface area contributed by atoms with E-state index < -0.39 is 5.76 Å². The van der Waals surface area contributed by atoms with Crippen LogP contribution in [0.2, 0.25) is 0 Å². The van der Waals surface area contributed by atoms with Crippen LogP contribution in [0.25, 0.3) is 11.1 Å². The molecule has 4 unspecified atom stereocenters. The van der Waals surface area contributed by atoms with Crippen LogP contribution in [-0.4, -0.2) is 11.0 Å². The van der Waals surface area contributed by atoms with Crippen molar-refractivity contribution in [2.45, 2.75) is 38.6 Å². The molecule has 0 radical (unpaired) electrons. The van der Waals surface area contributed by atoms with E-state index in [0.717, 1.165) is 23.4 Å². The summed E-state index contributed by atoms with van der Waals surface area (Å²) in [6.07, 6.45) is 5.53. The molecule has 0 amide bonds. The quantitative estimate of drug-likeness (QED) is 0.758. The summed E-state index contributed by atoms with van der Waals surface area (Å²) < 4.78 is 5.03. The zero-order valence-electron chi connectivity index (χ0n) is 12.2. The number of aromatic nitrogens is 1. The molecule has 1 heterocycles. The Kier molecular flexibility index (Phi) is 2.77. The third-order valence-electron chi connectivity index (χ3n) is 5.41. The van der Waals surface area contributed by atoms with Crippen molar-refractivity contribution in [2.75, 3.05) is 11.1 Å². The van der Waals surface area contributed by atoms with E-state index in [1.165, 1.54) is 25.7 Å². The number of nitrogen functional groups attached to an aromatic ring is 1. The predicted octanol–water partition coefficient (Wildman–Crippen LogP) is 2.94. The van der Waals surface area contributed by atoms with Crippen LogP contribution in [0, 0.1) is 17.8 Å². The van der Waals surface area contributed by atoms with Crippen LogP contribution in [-0.2, 0) is 0 Å². The minimum atomic E-state index is -0.442. The fourth-order valence-corrected chi connectivity index (χ4v) is 4.40. The first kappa shape index (κ1) is 12.8. The number of rotatable bonds is 3. The Hall–Kier alpha value is -1.91. The van der Waals surface area contributed by atoms with E-state index in [4.69, 9.17) is 10.2 Å².